The van der Waals surface area contributed by atoms with Crippen LogP contribution in [0.1, 0.15) is 32.6 Å². The predicted molar refractivity (Wildman–Crippen MR) is 144 cm³/mol. The van der Waals surface area contributed by atoms with E-state index in [-0.39, 0.29) is 35.7 Å². The molecular weight excluding hydrogens is 492 g/mol. The van der Waals surface area contributed by atoms with Gasteiger partial charge >= 0.3 is 0 Å². The van der Waals surface area contributed by atoms with Crippen LogP contribution in [0.5, 0.6) is 5.75 Å². The molecule has 1 aliphatic rings. The number of ether oxygens (including phenoxy) is 2. The summed E-state index contributed by atoms with van der Waals surface area (Å²) in [5.74, 6) is 0.539. The third-order valence-corrected chi connectivity index (χ3v) is 6.92. The van der Waals surface area contributed by atoms with Gasteiger partial charge in [-0.1, -0.05) is 23.9 Å². The molecule has 0 radical (unpaired) electrons. The average Bonchev–Trinajstić information content (AvgIpc) is 3.43. The van der Waals surface area contributed by atoms with Gasteiger partial charge in [-0.05, 0) is 62.6 Å². The first-order valence-electron chi connectivity index (χ1n) is 12.6. The minimum absolute atomic E-state index is 0.0683. The van der Waals surface area contributed by atoms with E-state index < -0.39 is 0 Å². The van der Waals surface area contributed by atoms with E-state index in [4.69, 9.17) is 9.47 Å². The minimum Gasteiger partial charge on any atom is -0.494 e. The Labute approximate surface area is 219 Å². The summed E-state index contributed by atoms with van der Waals surface area (Å²) in [5.41, 5.74) is 1.05. The summed E-state index contributed by atoms with van der Waals surface area (Å²) in [6.07, 6.45) is 2.84. The van der Waals surface area contributed by atoms with Gasteiger partial charge in [0.05, 0.1) is 29.4 Å². The Morgan fingerprint density at radius 1 is 1.16 bits per heavy atom. The van der Waals surface area contributed by atoms with E-state index in [0.29, 0.717) is 47.9 Å². The molecule has 0 aliphatic carbocycles. The monoisotopic (exact) mass is 524 g/mol. The lowest BCUT2D eigenvalue weighted by Gasteiger charge is -2.14. The molecule has 2 N–H and O–H groups in total. The van der Waals surface area contributed by atoms with Crippen LogP contribution >= 0.6 is 11.8 Å². The fourth-order valence-corrected chi connectivity index (χ4v) is 4.93. The van der Waals surface area contributed by atoms with E-state index in [9.17, 15) is 14.4 Å². The van der Waals surface area contributed by atoms with E-state index in [1.165, 1.54) is 11.8 Å². The van der Waals surface area contributed by atoms with Crippen molar-refractivity contribution in [2.75, 3.05) is 30.8 Å². The number of nitrogens with zero attached hydrogens (tertiary/aromatic N) is 2. The summed E-state index contributed by atoms with van der Waals surface area (Å²) in [6, 6.07) is 14.3. The zero-order valence-corrected chi connectivity index (χ0v) is 21.7. The standard InChI is InChI=1S/C27H32N4O5S/c1-2-35-20-13-11-19(12-14-20)29-25(33)18-37-27-30-23-9-4-3-8-22(23)26(34)31(27)15-5-10-24(32)28-17-21-7-6-16-36-21/h3-4,8-9,11-14,21H,2,5-7,10,15-18H2,1H3,(H,28,32)(H,29,33)/t21-/m0/s1. The second-order valence-electron chi connectivity index (χ2n) is 8.71. The molecule has 0 bridgehead atoms. The summed E-state index contributed by atoms with van der Waals surface area (Å²) < 4.78 is 12.5. The number of amides is 2. The maximum Gasteiger partial charge on any atom is 0.262 e. The van der Waals surface area contributed by atoms with Crippen LogP contribution in [0.15, 0.2) is 58.5 Å². The molecular formula is C27H32N4O5S. The zero-order chi connectivity index (χ0) is 26.0. The lowest BCUT2D eigenvalue weighted by Crippen LogP contribution is -2.32. The van der Waals surface area contributed by atoms with Gasteiger partial charge in [0.15, 0.2) is 5.16 Å². The third kappa shape index (κ3) is 7.56. The smallest absolute Gasteiger partial charge is 0.262 e. The number of hydrogen-bond acceptors (Lipinski definition) is 7. The molecule has 10 heteroatoms. The molecule has 0 unspecified atom stereocenters. The average molecular weight is 525 g/mol. The highest BCUT2D eigenvalue weighted by Crippen LogP contribution is 2.20. The van der Waals surface area contributed by atoms with Gasteiger partial charge in [0.2, 0.25) is 11.8 Å². The lowest BCUT2D eigenvalue weighted by atomic mass is 10.2. The van der Waals surface area contributed by atoms with Crippen molar-refractivity contribution in [3.05, 3.63) is 58.9 Å². The van der Waals surface area contributed by atoms with Gasteiger partial charge in [-0.3, -0.25) is 19.0 Å². The molecule has 9 nitrogen and oxygen atoms in total. The Morgan fingerprint density at radius 2 is 1.97 bits per heavy atom. The molecule has 1 atom stereocenters. The maximum atomic E-state index is 13.2. The number of carbonyl (C=O) groups is 2. The van der Waals surface area contributed by atoms with Crippen LogP contribution in [0.25, 0.3) is 10.9 Å². The number of benzene rings is 2. The van der Waals surface area contributed by atoms with Crippen LogP contribution < -0.4 is 20.9 Å². The van der Waals surface area contributed by atoms with Gasteiger partial charge in [0.25, 0.3) is 5.56 Å². The fraction of sp³-hybridized carbons (Fsp3) is 0.407. The minimum atomic E-state index is -0.211. The van der Waals surface area contributed by atoms with Crippen molar-refractivity contribution in [2.24, 2.45) is 0 Å². The van der Waals surface area contributed by atoms with Crippen molar-refractivity contribution in [1.29, 1.82) is 0 Å². The predicted octanol–water partition coefficient (Wildman–Crippen LogP) is 3.60. The van der Waals surface area contributed by atoms with Gasteiger partial charge in [-0.2, -0.15) is 0 Å². The molecule has 2 aromatic carbocycles. The number of aromatic nitrogens is 2. The number of hydrogen-bond donors (Lipinski definition) is 2. The van der Waals surface area contributed by atoms with E-state index in [1.807, 2.05) is 13.0 Å². The molecule has 1 fully saturated rings. The van der Waals surface area contributed by atoms with Crippen LogP contribution in [0.3, 0.4) is 0 Å². The first-order valence-corrected chi connectivity index (χ1v) is 13.6. The van der Waals surface area contributed by atoms with E-state index in [1.54, 1.807) is 47.0 Å². The molecule has 1 saturated heterocycles. The quantitative estimate of drug-likeness (QED) is 0.275. The summed E-state index contributed by atoms with van der Waals surface area (Å²) in [5, 5.41) is 6.72. The van der Waals surface area contributed by atoms with E-state index in [2.05, 4.69) is 15.6 Å². The van der Waals surface area contributed by atoms with Crippen molar-refractivity contribution in [1.82, 2.24) is 14.9 Å². The molecule has 2 heterocycles. The van der Waals surface area contributed by atoms with Gasteiger partial charge in [0, 0.05) is 31.8 Å². The molecule has 0 spiro atoms. The first-order chi connectivity index (χ1) is 18.0. The summed E-state index contributed by atoms with van der Waals surface area (Å²) >= 11 is 1.20. The maximum absolute atomic E-state index is 13.2. The van der Waals surface area contributed by atoms with Crippen molar-refractivity contribution in [2.45, 2.75) is 50.4 Å². The molecule has 2 amide bonds. The normalized spacial score (nSPS) is 15.0. The van der Waals surface area contributed by atoms with Crippen molar-refractivity contribution in [3.63, 3.8) is 0 Å². The van der Waals surface area contributed by atoms with Crippen LogP contribution in [-0.2, 0) is 20.9 Å². The fourth-order valence-electron chi connectivity index (χ4n) is 4.10. The Hall–Kier alpha value is -3.37. The number of fused-ring (bicyclic) bond motifs is 1. The van der Waals surface area contributed by atoms with Crippen molar-refractivity contribution < 1.29 is 19.1 Å². The SMILES string of the molecule is CCOc1ccc(NC(=O)CSc2nc3ccccc3c(=O)n2CCCC(=O)NC[C@@H]2CCCO2)cc1. The molecule has 37 heavy (non-hydrogen) atoms. The van der Waals surface area contributed by atoms with Gasteiger partial charge < -0.3 is 20.1 Å². The number of anilines is 1. The van der Waals surface area contributed by atoms with Crippen LogP contribution in [-0.4, -0.2) is 53.0 Å². The van der Waals surface area contributed by atoms with Crippen LogP contribution in [0.2, 0.25) is 0 Å². The highest BCUT2D eigenvalue weighted by molar-refractivity contribution is 7.99. The molecule has 1 aromatic heterocycles. The Kier molecular flexibility index (Phi) is 9.56. The van der Waals surface area contributed by atoms with Gasteiger partial charge in [-0.25, -0.2) is 4.98 Å². The summed E-state index contributed by atoms with van der Waals surface area (Å²) in [6.45, 7) is 4.07. The molecule has 1 aliphatic heterocycles. The van der Waals surface area contributed by atoms with Gasteiger partial charge in [-0.15, -0.1) is 0 Å². The Balaban J connectivity index is 1.38. The second-order valence-corrected chi connectivity index (χ2v) is 9.65. The first kappa shape index (κ1) is 26.7. The number of carbonyl (C=O) groups excluding carboxylic acids is 2. The zero-order valence-electron chi connectivity index (χ0n) is 20.9. The molecule has 0 saturated carbocycles. The van der Waals surface area contributed by atoms with E-state index in [0.717, 1.165) is 25.2 Å². The van der Waals surface area contributed by atoms with Crippen LogP contribution in [0.4, 0.5) is 5.69 Å². The highest BCUT2D eigenvalue weighted by Gasteiger charge is 2.17. The molecule has 196 valence electrons. The highest BCUT2D eigenvalue weighted by atomic mass is 32.2. The largest absolute Gasteiger partial charge is 0.494 e. The van der Waals surface area contributed by atoms with Gasteiger partial charge in [0.1, 0.15) is 5.75 Å². The lowest BCUT2D eigenvalue weighted by molar-refractivity contribution is -0.121. The summed E-state index contributed by atoms with van der Waals surface area (Å²) in [7, 11) is 0. The van der Waals surface area contributed by atoms with Crippen molar-refractivity contribution >= 4 is 40.2 Å². The number of thioether (sulfide) groups is 1. The van der Waals surface area contributed by atoms with E-state index >= 15 is 0 Å². The second kappa shape index (κ2) is 13.3. The Morgan fingerprint density at radius 3 is 2.73 bits per heavy atom. The topological polar surface area (TPSA) is 112 Å². The summed E-state index contributed by atoms with van der Waals surface area (Å²) in [4.78, 5) is 42.8. The number of rotatable bonds is 12. The Bertz CT molecular complexity index is 1270. The van der Waals surface area contributed by atoms with Crippen molar-refractivity contribution in [3.8, 4) is 5.75 Å². The third-order valence-electron chi connectivity index (χ3n) is 5.94. The molecule has 3 aromatic rings. The number of nitrogens with one attached hydrogen (secondary N) is 2. The number of para-hydroxylation sites is 1. The molecule has 4 rings (SSSR count). The van der Waals surface area contributed by atoms with Crippen LogP contribution in [0, 0.1) is 0 Å².